The highest BCUT2D eigenvalue weighted by Gasteiger charge is 2.48. The summed E-state index contributed by atoms with van der Waals surface area (Å²) in [5.41, 5.74) is 0. The molecule has 1 N–H and O–H groups in total. The molecule has 1 atom stereocenters. The van der Waals surface area contributed by atoms with E-state index in [-0.39, 0.29) is 43.7 Å². The number of carbonyl (C=O) groups excluding carboxylic acids is 4. The van der Waals surface area contributed by atoms with Gasteiger partial charge in [0.15, 0.2) is 5.25 Å². The van der Waals surface area contributed by atoms with Crippen LogP contribution in [0.1, 0.15) is 26.2 Å². The summed E-state index contributed by atoms with van der Waals surface area (Å²) in [5, 5.41) is -1.93. The number of ether oxygens (including phenoxy) is 2. The highest BCUT2D eigenvalue weighted by atomic mass is 32.2. The van der Waals surface area contributed by atoms with Crippen molar-refractivity contribution in [2.24, 2.45) is 0 Å². The SMILES string of the molecule is CC(=O)CCOCCOCCC(=O)ON1C(=O)CC(S(=O)(=O)O)C1=O. The van der Waals surface area contributed by atoms with E-state index in [1.165, 1.54) is 6.92 Å². The molecule has 0 bridgehead atoms. The summed E-state index contributed by atoms with van der Waals surface area (Å²) in [5.74, 6) is -3.33. The molecule has 1 unspecified atom stereocenters. The average molecular weight is 381 g/mol. The van der Waals surface area contributed by atoms with Crippen LogP contribution in [-0.2, 0) is 43.6 Å². The number of imide groups is 1. The molecule has 11 nitrogen and oxygen atoms in total. The Balaban J connectivity index is 2.23. The zero-order valence-corrected chi connectivity index (χ0v) is 14.3. The summed E-state index contributed by atoms with van der Waals surface area (Å²) >= 11 is 0. The van der Waals surface area contributed by atoms with Gasteiger partial charge in [-0.3, -0.25) is 18.9 Å². The van der Waals surface area contributed by atoms with E-state index in [0.29, 0.717) is 6.42 Å². The molecular weight excluding hydrogens is 362 g/mol. The van der Waals surface area contributed by atoms with Crippen LogP contribution in [0.25, 0.3) is 0 Å². The van der Waals surface area contributed by atoms with Crippen molar-refractivity contribution >= 4 is 33.7 Å². The molecule has 0 aliphatic carbocycles. The molecule has 0 saturated carbocycles. The smallest absolute Gasteiger partial charge is 0.335 e. The molecule has 0 radical (unpaired) electrons. The van der Waals surface area contributed by atoms with Crippen LogP contribution >= 0.6 is 0 Å². The molecule has 2 amide bonds. The number of hydrogen-bond acceptors (Lipinski definition) is 9. The second-order valence-electron chi connectivity index (χ2n) is 5.12. The lowest BCUT2D eigenvalue weighted by molar-refractivity contribution is -0.198. The molecule has 0 spiro atoms. The van der Waals surface area contributed by atoms with Gasteiger partial charge in [0.2, 0.25) is 0 Å². The summed E-state index contributed by atoms with van der Waals surface area (Å²) in [6.07, 6.45) is -0.783. The number of carbonyl (C=O) groups is 4. The van der Waals surface area contributed by atoms with Crippen LogP contribution in [0.2, 0.25) is 0 Å². The Hall–Kier alpha value is -1.89. The van der Waals surface area contributed by atoms with Gasteiger partial charge < -0.3 is 14.3 Å². The third kappa shape index (κ3) is 7.25. The lowest BCUT2D eigenvalue weighted by Gasteiger charge is -2.13. The van der Waals surface area contributed by atoms with Crippen molar-refractivity contribution in [2.45, 2.75) is 31.4 Å². The van der Waals surface area contributed by atoms with Gasteiger partial charge in [-0.05, 0) is 6.92 Å². The topological polar surface area (TPSA) is 154 Å². The number of ketones is 1. The first-order valence-electron chi connectivity index (χ1n) is 7.31. The molecule has 25 heavy (non-hydrogen) atoms. The van der Waals surface area contributed by atoms with Crippen molar-refractivity contribution in [3.63, 3.8) is 0 Å². The van der Waals surface area contributed by atoms with Gasteiger partial charge >= 0.3 is 5.97 Å². The van der Waals surface area contributed by atoms with Crippen molar-refractivity contribution in [2.75, 3.05) is 26.4 Å². The molecule has 0 aromatic carbocycles. The van der Waals surface area contributed by atoms with Crippen LogP contribution in [0, 0.1) is 0 Å². The molecular formula is C13H19NO10S. The van der Waals surface area contributed by atoms with E-state index in [2.05, 4.69) is 4.84 Å². The molecule has 0 aromatic heterocycles. The Morgan fingerprint density at radius 2 is 1.68 bits per heavy atom. The van der Waals surface area contributed by atoms with E-state index in [9.17, 15) is 27.6 Å². The number of hydroxylamine groups is 2. The maximum Gasteiger partial charge on any atom is 0.335 e. The Bertz CT molecular complexity index is 629. The average Bonchev–Trinajstić information content (AvgIpc) is 2.77. The van der Waals surface area contributed by atoms with E-state index >= 15 is 0 Å². The molecule has 1 aliphatic heterocycles. The Morgan fingerprint density at radius 3 is 2.16 bits per heavy atom. The van der Waals surface area contributed by atoms with Gasteiger partial charge in [-0.2, -0.15) is 8.42 Å². The minimum absolute atomic E-state index is 0.00547. The first-order chi connectivity index (χ1) is 11.6. The molecule has 1 saturated heterocycles. The minimum atomic E-state index is -4.75. The number of amides is 2. The van der Waals surface area contributed by atoms with E-state index in [4.69, 9.17) is 14.0 Å². The quantitative estimate of drug-likeness (QED) is 0.264. The zero-order valence-electron chi connectivity index (χ0n) is 13.5. The summed E-state index contributed by atoms with van der Waals surface area (Å²) in [4.78, 5) is 49.8. The molecule has 0 aromatic rings. The minimum Gasteiger partial charge on any atom is -0.379 e. The van der Waals surface area contributed by atoms with E-state index in [1.807, 2.05) is 0 Å². The van der Waals surface area contributed by atoms with Gasteiger partial charge in [-0.25, -0.2) is 4.79 Å². The van der Waals surface area contributed by atoms with Crippen molar-refractivity contribution < 1.29 is 46.5 Å². The van der Waals surface area contributed by atoms with Crippen molar-refractivity contribution in [3.8, 4) is 0 Å². The van der Waals surface area contributed by atoms with Crippen molar-refractivity contribution in [1.29, 1.82) is 0 Å². The third-order valence-corrected chi connectivity index (χ3v) is 4.12. The molecule has 12 heteroatoms. The van der Waals surface area contributed by atoms with E-state index in [1.54, 1.807) is 0 Å². The summed E-state index contributed by atoms with van der Waals surface area (Å²) < 4.78 is 40.9. The van der Waals surface area contributed by atoms with E-state index in [0.717, 1.165) is 0 Å². The summed E-state index contributed by atoms with van der Waals surface area (Å²) in [7, 11) is -4.75. The fourth-order valence-corrected chi connectivity index (χ4v) is 2.46. The molecule has 1 rings (SSSR count). The van der Waals surface area contributed by atoms with Crippen molar-refractivity contribution in [1.82, 2.24) is 5.06 Å². The summed E-state index contributed by atoms with van der Waals surface area (Å²) in [6.45, 7) is 2.03. The maximum absolute atomic E-state index is 11.6. The van der Waals surface area contributed by atoms with Gasteiger partial charge in [-0.1, -0.05) is 0 Å². The van der Waals surface area contributed by atoms with Gasteiger partial charge in [0, 0.05) is 6.42 Å². The Morgan fingerprint density at radius 1 is 1.12 bits per heavy atom. The monoisotopic (exact) mass is 381 g/mol. The Kier molecular flexibility index (Phi) is 8.09. The molecule has 1 heterocycles. The van der Waals surface area contributed by atoms with Crippen LogP contribution in [0.4, 0.5) is 0 Å². The molecule has 1 aliphatic rings. The molecule has 1 fully saturated rings. The largest absolute Gasteiger partial charge is 0.379 e. The predicted molar refractivity (Wildman–Crippen MR) is 79.5 cm³/mol. The lowest BCUT2D eigenvalue weighted by atomic mass is 10.3. The number of rotatable bonds is 11. The van der Waals surface area contributed by atoms with Crippen molar-refractivity contribution in [3.05, 3.63) is 0 Å². The van der Waals surface area contributed by atoms with Gasteiger partial charge in [0.1, 0.15) is 5.78 Å². The number of nitrogens with zero attached hydrogens (tertiary/aromatic N) is 1. The van der Waals surface area contributed by atoms with Gasteiger partial charge in [0.25, 0.3) is 21.9 Å². The van der Waals surface area contributed by atoms with Gasteiger partial charge in [0.05, 0.1) is 39.3 Å². The Labute approximate surface area is 143 Å². The zero-order chi connectivity index (χ0) is 19.0. The van der Waals surface area contributed by atoms with Crippen LogP contribution in [-0.4, -0.2) is 73.3 Å². The van der Waals surface area contributed by atoms with E-state index < -0.39 is 39.6 Å². The lowest BCUT2D eigenvalue weighted by Crippen LogP contribution is -2.36. The maximum atomic E-state index is 11.6. The number of Topliss-reactive ketones (excluding diaryl/α,β-unsaturated/α-hetero) is 1. The third-order valence-electron chi connectivity index (χ3n) is 3.04. The fourth-order valence-electron chi connectivity index (χ4n) is 1.75. The highest BCUT2D eigenvalue weighted by Crippen LogP contribution is 2.19. The summed E-state index contributed by atoms with van der Waals surface area (Å²) in [6, 6.07) is 0. The second-order valence-corrected chi connectivity index (χ2v) is 6.72. The first-order valence-corrected chi connectivity index (χ1v) is 8.82. The van der Waals surface area contributed by atoms with Gasteiger partial charge in [-0.15, -0.1) is 5.06 Å². The highest BCUT2D eigenvalue weighted by molar-refractivity contribution is 7.87. The fraction of sp³-hybridized carbons (Fsp3) is 0.692. The van der Waals surface area contributed by atoms with Crippen LogP contribution in [0.5, 0.6) is 0 Å². The predicted octanol–water partition coefficient (Wildman–Crippen LogP) is -1.14. The van der Waals surface area contributed by atoms with Crippen LogP contribution < -0.4 is 0 Å². The molecule has 142 valence electrons. The standard InChI is InChI=1S/C13H19NO10S/c1-9(15)2-4-22-6-7-23-5-3-12(17)24-14-11(16)8-10(13(14)18)25(19,20)21/h10H,2-8H2,1H3,(H,19,20,21). The van der Waals surface area contributed by atoms with Crippen LogP contribution in [0.15, 0.2) is 0 Å². The first kappa shape index (κ1) is 21.2. The normalized spacial score (nSPS) is 17.8. The van der Waals surface area contributed by atoms with Crippen LogP contribution in [0.3, 0.4) is 0 Å². The number of hydrogen-bond donors (Lipinski definition) is 1. The second kappa shape index (κ2) is 9.56.